The number of hydrogen-bond acceptors (Lipinski definition) is 5. The normalized spacial score (nSPS) is 11.3. The maximum Gasteiger partial charge on any atom is 0.346 e. The predicted molar refractivity (Wildman–Crippen MR) is 205 cm³/mol. The largest absolute Gasteiger partial charge is 0.477 e. The Morgan fingerprint density at radius 3 is 1.17 bits per heavy atom. The van der Waals surface area contributed by atoms with E-state index in [1.54, 1.807) is 6.07 Å². The van der Waals surface area contributed by atoms with E-state index in [2.05, 4.69) is 90.9 Å². The van der Waals surface area contributed by atoms with Gasteiger partial charge in [0.15, 0.2) is 0 Å². The van der Waals surface area contributed by atoms with Gasteiger partial charge in [0.25, 0.3) is 0 Å². The minimum Gasteiger partial charge on any atom is -0.477 e. The van der Waals surface area contributed by atoms with E-state index in [4.69, 9.17) is 0 Å². The molecule has 0 aliphatic heterocycles. The van der Waals surface area contributed by atoms with E-state index in [0.29, 0.717) is 5.56 Å². The van der Waals surface area contributed by atoms with Crippen LogP contribution >= 0.6 is 0 Å². The SMILES string of the molecule is CCCCCN(CCCCC)c1ccc(N(c2ccc(/C=C(\C#N)C(=O)O)cc2)c2ccc(N(CCCCC)CCCCC)cc2)cc1. The van der Waals surface area contributed by atoms with Crippen molar-refractivity contribution in [2.45, 2.75) is 105 Å². The second-order valence-electron chi connectivity index (χ2n) is 12.7. The van der Waals surface area contributed by atoms with Gasteiger partial charge < -0.3 is 19.8 Å². The maximum atomic E-state index is 11.4. The smallest absolute Gasteiger partial charge is 0.346 e. The van der Waals surface area contributed by atoms with Crippen molar-refractivity contribution in [3.63, 3.8) is 0 Å². The van der Waals surface area contributed by atoms with Crippen LogP contribution in [0.5, 0.6) is 0 Å². The van der Waals surface area contributed by atoms with Crippen molar-refractivity contribution in [2.75, 3.05) is 40.9 Å². The molecule has 0 bridgehead atoms. The molecule has 0 saturated heterocycles. The van der Waals surface area contributed by atoms with E-state index in [-0.39, 0.29) is 5.57 Å². The number of benzene rings is 3. The van der Waals surface area contributed by atoms with Crippen molar-refractivity contribution < 1.29 is 9.90 Å². The van der Waals surface area contributed by atoms with Gasteiger partial charge in [0.1, 0.15) is 11.6 Å². The fourth-order valence-corrected chi connectivity index (χ4v) is 6.05. The minimum atomic E-state index is -1.22. The zero-order valence-corrected chi connectivity index (χ0v) is 30.0. The summed E-state index contributed by atoms with van der Waals surface area (Å²) in [5.41, 5.74) is 5.99. The Kier molecular flexibility index (Phi) is 17.2. The van der Waals surface area contributed by atoms with Crippen LogP contribution in [0.25, 0.3) is 6.08 Å². The summed E-state index contributed by atoms with van der Waals surface area (Å²) in [6, 6.07) is 27.4. The molecule has 0 aromatic heterocycles. The molecule has 3 rings (SSSR count). The monoisotopic (exact) mass is 650 g/mol. The first kappa shape index (κ1) is 38.2. The third-order valence-corrected chi connectivity index (χ3v) is 8.89. The number of aliphatic carboxylic acids is 1. The lowest BCUT2D eigenvalue weighted by atomic mass is 10.1. The van der Waals surface area contributed by atoms with Crippen LogP contribution in [0.2, 0.25) is 0 Å². The average molecular weight is 651 g/mol. The quantitative estimate of drug-likeness (QED) is 0.0625. The molecule has 3 aromatic carbocycles. The Balaban J connectivity index is 1.98. The Bertz CT molecular complexity index is 1320. The van der Waals surface area contributed by atoms with Crippen LogP contribution in [0.3, 0.4) is 0 Å². The van der Waals surface area contributed by atoms with Gasteiger partial charge in [-0.05, 0) is 98.0 Å². The molecule has 258 valence electrons. The van der Waals surface area contributed by atoms with Crippen LogP contribution in [0, 0.1) is 11.3 Å². The van der Waals surface area contributed by atoms with Crippen molar-refractivity contribution in [3.8, 4) is 6.07 Å². The van der Waals surface area contributed by atoms with E-state index in [1.165, 1.54) is 94.5 Å². The number of carboxylic acids is 1. The molecule has 0 unspecified atom stereocenters. The van der Waals surface area contributed by atoms with Crippen LogP contribution in [0.1, 0.15) is 110 Å². The van der Waals surface area contributed by atoms with Crippen LogP contribution in [-0.2, 0) is 4.79 Å². The average Bonchev–Trinajstić information content (AvgIpc) is 3.11. The lowest BCUT2D eigenvalue weighted by Crippen LogP contribution is -2.26. The highest BCUT2D eigenvalue weighted by molar-refractivity contribution is 5.96. The van der Waals surface area contributed by atoms with E-state index >= 15 is 0 Å². The molecule has 6 nitrogen and oxygen atoms in total. The maximum absolute atomic E-state index is 11.4. The summed E-state index contributed by atoms with van der Waals surface area (Å²) in [7, 11) is 0. The topological polar surface area (TPSA) is 70.8 Å². The van der Waals surface area contributed by atoms with Gasteiger partial charge in [0.2, 0.25) is 0 Å². The van der Waals surface area contributed by atoms with E-state index in [0.717, 1.165) is 43.2 Å². The molecule has 0 aliphatic carbocycles. The standard InChI is InChI=1S/C42H58N4O2/c1-5-9-13-29-44(30-14-10-6-2)37-21-25-40(26-22-37)46(39-19-17-35(18-20-39)33-36(34-43)42(47)48)41-27-23-38(24-28-41)45(31-15-11-7-3)32-16-12-8-4/h17-28,33H,5-16,29-32H2,1-4H3,(H,47,48)/b36-33+. The number of carboxylic acid groups (broad SMARTS) is 1. The Morgan fingerprint density at radius 2 is 0.875 bits per heavy atom. The molecule has 0 atom stereocenters. The number of nitrogens with zero attached hydrogens (tertiary/aromatic N) is 4. The highest BCUT2D eigenvalue weighted by Gasteiger charge is 2.16. The first-order valence-electron chi connectivity index (χ1n) is 18.4. The Hall–Kier alpha value is -4.24. The van der Waals surface area contributed by atoms with Crippen LogP contribution in [0.15, 0.2) is 78.4 Å². The molecule has 1 N–H and O–H groups in total. The second kappa shape index (κ2) is 21.6. The molecule has 6 heteroatoms. The number of anilines is 5. The number of rotatable bonds is 23. The van der Waals surface area contributed by atoms with Gasteiger partial charge >= 0.3 is 5.97 Å². The molecule has 0 spiro atoms. The summed E-state index contributed by atoms with van der Waals surface area (Å²) >= 11 is 0. The van der Waals surface area contributed by atoms with Crippen molar-refractivity contribution >= 4 is 40.5 Å². The van der Waals surface area contributed by atoms with E-state index in [9.17, 15) is 15.2 Å². The second-order valence-corrected chi connectivity index (χ2v) is 12.7. The predicted octanol–water partition coefficient (Wildman–Crippen LogP) is 11.5. The van der Waals surface area contributed by atoms with Crippen LogP contribution in [0.4, 0.5) is 28.4 Å². The molecule has 0 amide bonds. The summed E-state index contributed by atoms with van der Waals surface area (Å²) in [6.45, 7) is 13.3. The molecule has 0 saturated carbocycles. The molecule has 3 aromatic rings. The third kappa shape index (κ3) is 12.1. The van der Waals surface area contributed by atoms with Gasteiger partial charge in [0.05, 0.1) is 0 Å². The molecule has 0 fully saturated rings. The summed E-state index contributed by atoms with van der Waals surface area (Å²) in [4.78, 5) is 18.7. The highest BCUT2D eigenvalue weighted by Crippen LogP contribution is 2.37. The van der Waals surface area contributed by atoms with E-state index < -0.39 is 5.97 Å². The van der Waals surface area contributed by atoms with Crippen molar-refractivity contribution in [2.24, 2.45) is 0 Å². The van der Waals surface area contributed by atoms with Gasteiger partial charge in [-0.1, -0.05) is 91.2 Å². The van der Waals surface area contributed by atoms with Gasteiger partial charge in [-0.15, -0.1) is 0 Å². The zero-order valence-electron chi connectivity index (χ0n) is 30.0. The Labute approximate surface area is 290 Å². The zero-order chi connectivity index (χ0) is 34.6. The molecular weight excluding hydrogens is 592 g/mol. The van der Waals surface area contributed by atoms with Gasteiger partial charge in [-0.2, -0.15) is 5.26 Å². The number of hydrogen-bond donors (Lipinski definition) is 1. The Morgan fingerprint density at radius 1 is 0.562 bits per heavy atom. The minimum absolute atomic E-state index is 0.282. The van der Waals surface area contributed by atoms with Crippen molar-refractivity contribution in [3.05, 3.63) is 83.9 Å². The van der Waals surface area contributed by atoms with Crippen LogP contribution in [-0.4, -0.2) is 37.3 Å². The molecular formula is C42H58N4O2. The first-order valence-corrected chi connectivity index (χ1v) is 18.4. The van der Waals surface area contributed by atoms with Crippen molar-refractivity contribution in [1.82, 2.24) is 0 Å². The summed E-state index contributed by atoms with van der Waals surface area (Å²) in [6.07, 6.45) is 16.1. The van der Waals surface area contributed by atoms with Crippen molar-refractivity contribution in [1.29, 1.82) is 5.26 Å². The summed E-state index contributed by atoms with van der Waals surface area (Å²) < 4.78 is 0. The molecule has 48 heavy (non-hydrogen) atoms. The fraction of sp³-hybridized carbons (Fsp3) is 0.476. The molecule has 0 radical (unpaired) electrons. The van der Waals surface area contributed by atoms with E-state index in [1.807, 2.05) is 24.3 Å². The fourth-order valence-electron chi connectivity index (χ4n) is 6.05. The van der Waals surface area contributed by atoms with Gasteiger partial charge in [-0.3, -0.25) is 0 Å². The number of unbranched alkanes of at least 4 members (excludes halogenated alkanes) is 8. The molecule has 0 aliphatic rings. The number of carbonyl (C=O) groups is 1. The van der Waals surface area contributed by atoms with Crippen LogP contribution < -0.4 is 14.7 Å². The lowest BCUT2D eigenvalue weighted by Gasteiger charge is -2.29. The lowest BCUT2D eigenvalue weighted by molar-refractivity contribution is -0.132. The van der Waals surface area contributed by atoms with Gasteiger partial charge in [0, 0.05) is 54.6 Å². The summed E-state index contributed by atoms with van der Waals surface area (Å²) in [5.74, 6) is -1.22. The first-order chi connectivity index (χ1) is 23.4. The van der Waals surface area contributed by atoms with Gasteiger partial charge in [-0.25, -0.2) is 4.79 Å². The summed E-state index contributed by atoms with van der Waals surface area (Å²) in [5, 5.41) is 18.6. The highest BCUT2D eigenvalue weighted by atomic mass is 16.4. The molecule has 0 heterocycles. The number of nitriles is 1. The third-order valence-electron chi connectivity index (χ3n) is 8.89.